The molecular weight excluding hydrogens is 222 g/mol. The third-order valence-electron chi connectivity index (χ3n) is 4.95. The van der Waals surface area contributed by atoms with E-state index in [4.69, 9.17) is 0 Å². The lowest BCUT2D eigenvalue weighted by molar-refractivity contribution is 0.391. The van der Waals surface area contributed by atoms with Gasteiger partial charge in [0, 0.05) is 17.3 Å². The van der Waals surface area contributed by atoms with Crippen molar-refractivity contribution < 1.29 is 0 Å². The summed E-state index contributed by atoms with van der Waals surface area (Å²) in [5.41, 5.74) is 2.65. The van der Waals surface area contributed by atoms with Crippen LogP contribution in [0, 0.1) is 11.8 Å². The second-order valence-corrected chi connectivity index (χ2v) is 5.86. The highest BCUT2D eigenvalue weighted by atomic mass is 15.1. The van der Waals surface area contributed by atoms with E-state index in [0.717, 1.165) is 30.5 Å². The van der Waals surface area contributed by atoms with E-state index in [0.29, 0.717) is 6.04 Å². The lowest BCUT2D eigenvalue weighted by atomic mass is 9.93. The molecule has 3 rings (SSSR count). The molecule has 0 spiro atoms. The van der Waals surface area contributed by atoms with E-state index in [2.05, 4.69) is 29.1 Å². The van der Waals surface area contributed by atoms with Crippen LogP contribution in [0.25, 0.3) is 0 Å². The molecule has 0 bridgehead atoms. The highest BCUT2D eigenvalue weighted by molar-refractivity contribution is 5.48. The first-order chi connectivity index (χ1) is 8.79. The van der Waals surface area contributed by atoms with Crippen molar-refractivity contribution in [2.75, 3.05) is 5.32 Å². The molecule has 0 radical (unpaired) electrons. The van der Waals surface area contributed by atoms with Crippen LogP contribution in [0.3, 0.4) is 0 Å². The molecule has 0 aromatic carbocycles. The van der Waals surface area contributed by atoms with Gasteiger partial charge in [-0.05, 0) is 43.9 Å². The summed E-state index contributed by atoms with van der Waals surface area (Å²) in [5, 5.41) is 3.70. The van der Waals surface area contributed by atoms with Crippen LogP contribution in [0.5, 0.6) is 0 Å². The van der Waals surface area contributed by atoms with Gasteiger partial charge in [0.1, 0.15) is 12.1 Å². The van der Waals surface area contributed by atoms with Crippen LogP contribution >= 0.6 is 0 Å². The van der Waals surface area contributed by atoms with Gasteiger partial charge >= 0.3 is 0 Å². The van der Waals surface area contributed by atoms with E-state index in [-0.39, 0.29) is 0 Å². The first kappa shape index (κ1) is 11.9. The molecule has 2 aliphatic rings. The third kappa shape index (κ3) is 2.00. The molecule has 1 aromatic heterocycles. The van der Waals surface area contributed by atoms with E-state index in [1.165, 1.54) is 36.9 Å². The number of rotatable bonds is 3. The maximum atomic E-state index is 4.48. The molecule has 1 aromatic rings. The molecule has 0 aliphatic heterocycles. The van der Waals surface area contributed by atoms with Gasteiger partial charge in [-0.2, -0.15) is 0 Å². The Morgan fingerprint density at radius 2 is 2.17 bits per heavy atom. The molecule has 1 fully saturated rings. The Bertz CT molecular complexity index is 430. The summed E-state index contributed by atoms with van der Waals surface area (Å²) in [6, 6.07) is 0.606. The van der Waals surface area contributed by atoms with E-state index < -0.39 is 0 Å². The summed E-state index contributed by atoms with van der Waals surface area (Å²) in [6.45, 7) is 4.70. The van der Waals surface area contributed by atoms with Crippen molar-refractivity contribution in [1.82, 2.24) is 9.97 Å². The van der Waals surface area contributed by atoms with Crippen molar-refractivity contribution in [3.63, 3.8) is 0 Å². The van der Waals surface area contributed by atoms with E-state index in [9.17, 15) is 0 Å². The highest BCUT2D eigenvalue weighted by Gasteiger charge is 2.32. The van der Waals surface area contributed by atoms with E-state index in [1.54, 1.807) is 6.33 Å². The van der Waals surface area contributed by atoms with Gasteiger partial charge in [-0.1, -0.05) is 20.3 Å². The Kier molecular flexibility index (Phi) is 3.23. The predicted molar refractivity (Wildman–Crippen MR) is 73.6 cm³/mol. The van der Waals surface area contributed by atoms with Crippen molar-refractivity contribution >= 4 is 5.82 Å². The van der Waals surface area contributed by atoms with Crippen LogP contribution in [0.2, 0.25) is 0 Å². The zero-order valence-electron chi connectivity index (χ0n) is 11.4. The monoisotopic (exact) mass is 245 g/mol. The molecule has 3 unspecified atom stereocenters. The molecule has 3 nitrogen and oxygen atoms in total. The standard InChI is InChI=1S/C15H23N3/c1-3-11-7-8-13(10(11)2)18-15-12-5-4-6-14(12)16-9-17-15/h9-11,13H,3-8H2,1-2H3,(H,16,17,18). The maximum Gasteiger partial charge on any atom is 0.133 e. The smallest absolute Gasteiger partial charge is 0.133 e. The van der Waals surface area contributed by atoms with Crippen molar-refractivity contribution in [2.45, 2.75) is 58.4 Å². The Morgan fingerprint density at radius 3 is 2.94 bits per heavy atom. The average molecular weight is 245 g/mol. The van der Waals surface area contributed by atoms with E-state index in [1.807, 2.05) is 0 Å². The maximum absolute atomic E-state index is 4.48. The third-order valence-corrected chi connectivity index (χ3v) is 4.95. The van der Waals surface area contributed by atoms with Crippen LogP contribution in [-0.2, 0) is 12.8 Å². The molecule has 2 aliphatic carbocycles. The second kappa shape index (κ2) is 4.87. The fourth-order valence-electron chi connectivity index (χ4n) is 3.69. The molecule has 1 N–H and O–H groups in total. The topological polar surface area (TPSA) is 37.8 Å². The summed E-state index contributed by atoms with van der Waals surface area (Å²) in [4.78, 5) is 8.87. The van der Waals surface area contributed by atoms with Gasteiger partial charge in [0.25, 0.3) is 0 Å². The first-order valence-corrected chi connectivity index (χ1v) is 7.39. The molecule has 1 heterocycles. The minimum Gasteiger partial charge on any atom is -0.367 e. The molecule has 3 atom stereocenters. The molecule has 0 saturated heterocycles. The predicted octanol–water partition coefficient (Wildman–Crippen LogP) is 3.20. The SMILES string of the molecule is CCC1CCC(Nc2ncnc3c2CCC3)C1C. The van der Waals surface area contributed by atoms with Gasteiger partial charge in [-0.25, -0.2) is 9.97 Å². The Morgan fingerprint density at radius 1 is 1.28 bits per heavy atom. The summed E-state index contributed by atoms with van der Waals surface area (Å²) in [6.07, 6.45) is 9.20. The van der Waals surface area contributed by atoms with Crippen LogP contribution < -0.4 is 5.32 Å². The first-order valence-electron chi connectivity index (χ1n) is 7.39. The highest BCUT2D eigenvalue weighted by Crippen LogP contribution is 2.36. The van der Waals surface area contributed by atoms with Gasteiger partial charge in [-0.15, -0.1) is 0 Å². The van der Waals surface area contributed by atoms with Crippen LogP contribution in [0.4, 0.5) is 5.82 Å². The summed E-state index contributed by atoms with van der Waals surface area (Å²) in [7, 11) is 0. The summed E-state index contributed by atoms with van der Waals surface area (Å²) >= 11 is 0. The Balaban J connectivity index is 1.76. The lowest BCUT2D eigenvalue weighted by Crippen LogP contribution is -2.25. The molecule has 0 amide bonds. The number of hydrogen-bond acceptors (Lipinski definition) is 3. The largest absolute Gasteiger partial charge is 0.367 e. The molecule has 18 heavy (non-hydrogen) atoms. The lowest BCUT2D eigenvalue weighted by Gasteiger charge is -2.22. The van der Waals surface area contributed by atoms with Crippen LogP contribution in [0.1, 0.15) is 50.8 Å². The van der Waals surface area contributed by atoms with Crippen molar-refractivity contribution in [2.24, 2.45) is 11.8 Å². The Hall–Kier alpha value is -1.12. The number of aryl methyl sites for hydroxylation is 1. The number of nitrogens with one attached hydrogen (secondary N) is 1. The number of anilines is 1. The quantitative estimate of drug-likeness (QED) is 0.888. The van der Waals surface area contributed by atoms with Crippen molar-refractivity contribution in [3.8, 4) is 0 Å². The van der Waals surface area contributed by atoms with Crippen LogP contribution in [-0.4, -0.2) is 16.0 Å². The fraction of sp³-hybridized carbons (Fsp3) is 0.733. The molecule has 98 valence electrons. The zero-order chi connectivity index (χ0) is 12.5. The van der Waals surface area contributed by atoms with Crippen molar-refractivity contribution in [3.05, 3.63) is 17.6 Å². The van der Waals surface area contributed by atoms with E-state index >= 15 is 0 Å². The molecular formula is C15H23N3. The number of nitrogens with zero attached hydrogens (tertiary/aromatic N) is 2. The number of fused-ring (bicyclic) bond motifs is 1. The molecule has 3 heteroatoms. The van der Waals surface area contributed by atoms with Gasteiger partial charge in [-0.3, -0.25) is 0 Å². The number of aromatic nitrogens is 2. The van der Waals surface area contributed by atoms with Gasteiger partial charge in [0.05, 0.1) is 0 Å². The molecule has 1 saturated carbocycles. The minimum absolute atomic E-state index is 0.606. The van der Waals surface area contributed by atoms with Gasteiger partial charge in [0.2, 0.25) is 0 Å². The summed E-state index contributed by atoms with van der Waals surface area (Å²) in [5.74, 6) is 2.77. The number of hydrogen-bond donors (Lipinski definition) is 1. The summed E-state index contributed by atoms with van der Waals surface area (Å²) < 4.78 is 0. The normalized spacial score (nSPS) is 30.4. The fourth-order valence-corrected chi connectivity index (χ4v) is 3.69. The van der Waals surface area contributed by atoms with Crippen molar-refractivity contribution in [1.29, 1.82) is 0 Å². The zero-order valence-corrected chi connectivity index (χ0v) is 11.4. The van der Waals surface area contributed by atoms with Crippen LogP contribution in [0.15, 0.2) is 6.33 Å². The van der Waals surface area contributed by atoms with Gasteiger partial charge in [0.15, 0.2) is 0 Å². The van der Waals surface area contributed by atoms with Gasteiger partial charge < -0.3 is 5.32 Å². The minimum atomic E-state index is 0.606. The average Bonchev–Trinajstić information content (AvgIpc) is 2.98. The Labute approximate surface area is 109 Å². The second-order valence-electron chi connectivity index (χ2n) is 5.86.